The van der Waals surface area contributed by atoms with Crippen molar-refractivity contribution >= 4 is 38.4 Å². The first-order valence-corrected chi connectivity index (χ1v) is 12.8. The molecule has 5 heterocycles. The normalized spacial score (nSPS) is 20.3. The molecule has 3 aromatic heterocycles. The molecule has 2 aliphatic heterocycles. The van der Waals surface area contributed by atoms with Crippen LogP contribution >= 0.6 is 11.3 Å². The van der Waals surface area contributed by atoms with E-state index in [-0.39, 0.29) is 16.9 Å². The maximum Gasteiger partial charge on any atom is 0.209 e. The van der Waals surface area contributed by atoms with E-state index in [0.29, 0.717) is 28.1 Å². The van der Waals surface area contributed by atoms with E-state index in [1.54, 1.807) is 0 Å². The summed E-state index contributed by atoms with van der Waals surface area (Å²) in [4.78, 5) is 15.8. The second kappa shape index (κ2) is 7.95. The number of hydrogen-bond donors (Lipinski definition) is 2. The van der Waals surface area contributed by atoms with Gasteiger partial charge in [-0.15, -0.1) is 11.3 Å². The van der Waals surface area contributed by atoms with Crippen LogP contribution in [0.1, 0.15) is 47.3 Å². The molecule has 35 heavy (non-hydrogen) atoms. The van der Waals surface area contributed by atoms with E-state index in [4.69, 9.17) is 5.73 Å². The van der Waals surface area contributed by atoms with Gasteiger partial charge in [0.25, 0.3) is 0 Å². The Hall–Kier alpha value is -3.13. The summed E-state index contributed by atoms with van der Waals surface area (Å²) in [5.74, 6) is 4.76. The minimum atomic E-state index is -0.730. The number of anilines is 1. The van der Waals surface area contributed by atoms with E-state index < -0.39 is 11.6 Å². The quantitative estimate of drug-likeness (QED) is 0.419. The van der Waals surface area contributed by atoms with Crippen molar-refractivity contribution < 1.29 is 8.78 Å². The molecule has 1 saturated carbocycles. The zero-order chi connectivity index (χ0) is 23.7. The van der Waals surface area contributed by atoms with Crippen LogP contribution in [0.4, 0.5) is 14.6 Å². The molecule has 3 aliphatic rings. The molecule has 7 nitrogen and oxygen atoms in total. The number of benzene rings is 1. The lowest BCUT2D eigenvalue weighted by molar-refractivity contribution is 0.167. The maximum absolute atomic E-state index is 15.1. The van der Waals surface area contributed by atoms with Gasteiger partial charge >= 0.3 is 0 Å². The Kier molecular flexibility index (Phi) is 4.81. The van der Waals surface area contributed by atoms with Crippen molar-refractivity contribution in [3.63, 3.8) is 0 Å². The molecule has 1 aromatic carbocycles. The van der Waals surface area contributed by atoms with E-state index in [2.05, 4.69) is 41.6 Å². The first-order valence-electron chi connectivity index (χ1n) is 12.0. The van der Waals surface area contributed by atoms with Crippen LogP contribution in [0.15, 0.2) is 12.1 Å². The van der Waals surface area contributed by atoms with Crippen LogP contribution in [0.2, 0.25) is 0 Å². The molecule has 1 unspecified atom stereocenters. The number of halogens is 2. The Morgan fingerprint density at radius 2 is 1.97 bits per heavy atom. The second-order valence-electron chi connectivity index (χ2n) is 9.54. The van der Waals surface area contributed by atoms with Crippen molar-refractivity contribution in [2.75, 3.05) is 25.4 Å². The molecule has 4 aromatic rings. The highest BCUT2D eigenvalue weighted by atomic mass is 32.1. The van der Waals surface area contributed by atoms with Crippen LogP contribution in [-0.4, -0.2) is 50.1 Å². The number of nitrogen functional groups attached to an aromatic ring is 1. The predicted molar refractivity (Wildman–Crippen MR) is 131 cm³/mol. The van der Waals surface area contributed by atoms with Gasteiger partial charge in [-0.25, -0.2) is 23.7 Å². The van der Waals surface area contributed by atoms with Crippen LogP contribution in [0.25, 0.3) is 21.3 Å². The Morgan fingerprint density at radius 1 is 1.09 bits per heavy atom. The van der Waals surface area contributed by atoms with Crippen molar-refractivity contribution in [1.82, 2.24) is 29.7 Å². The van der Waals surface area contributed by atoms with Crippen molar-refractivity contribution in [1.29, 1.82) is 0 Å². The number of nitrogens with one attached hydrogen (secondary N) is 1. The summed E-state index contributed by atoms with van der Waals surface area (Å²) < 4.78 is 32.5. The Morgan fingerprint density at radius 3 is 2.77 bits per heavy atom. The number of fused-ring (bicyclic) bond motifs is 4. The number of thiazole rings is 1. The molecule has 10 heteroatoms. The van der Waals surface area contributed by atoms with Crippen molar-refractivity contribution in [3.05, 3.63) is 45.9 Å². The molecule has 0 radical (unpaired) electrons. The maximum atomic E-state index is 15.1. The van der Waals surface area contributed by atoms with Gasteiger partial charge in [0.2, 0.25) is 5.82 Å². The van der Waals surface area contributed by atoms with Crippen LogP contribution in [0, 0.1) is 23.5 Å². The summed E-state index contributed by atoms with van der Waals surface area (Å²) >= 11 is 1.35. The number of rotatable bonds is 2. The fraction of sp³-hybridized carbons (Fsp3) is 0.400. The minimum Gasteiger partial charge on any atom is -0.383 e. The third-order valence-electron chi connectivity index (χ3n) is 7.21. The second-order valence-corrected chi connectivity index (χ2v) is 10.6. The number of aromatic nitrogens is 4. The molecule has 2 fully saturated rings. The van der Waals surface area contributed by atoms with Gasteiger partial charge in [0.05, 0.1) is 20.7 Å². The highest BCUT2D eigenvalue weighted by Gasteiger charge is 2.29. The molecule has 0 spiro atoms. The lowest BCUT2D eigenvalue weighted by Crippen LogP contribution is -2.42. The summed E-state index contributed by atoms with van der Waals surface area (Å²) in [6, 6.07) is 3.91. The SMILES string of the molecule is Nc1nc(C#Cc2c(F)cc3sc(C4CC4)nc3c2F)nc2c1cc1n2CCN(C2CCNC2)C1. The molecule has 1 aliphatic carbocycles. The van der Waals surface area contributed by atoms with E-state index in [9.17, 15) is 4.39 Å². The topological polar surface area (TPSA) is 84.9 Å². The van der Waals surface area contributed by atoms with Gasteiger partial charge in [0.1, 0.15) is 22.8 Å². The highest BCUT2D eigenvalue weighted by Crippen LogP contribution is 2.44. The average Bonchev–Trinajstić information content (AvgIpc) is 3.24. The van der Waals surface area contributed by atoms with Gasteiger partial charge < -0.3 is 15.6 Å². The van der Waals surface area contributed by atoms with Crippen LogP contribution in [0.5, 0.6) is 0 Å². The number of nitrogens with zero attached hydrogens (tertiary/aromatic N) is 5. The highest BCUT2D eigenvalue weighted by molar-refractivity contribution is 7.18. The van der Waals surface area contributed by atoms with E-state index in [1.165, 1.54) is 17.4 Å². The zero-order valence-electron chi connectivity index (χ0n) is 18.9. The van der Waals surface area contributed by atoms with E-state index >= 15 is 4.39 Å². The smallest absolute Gasteiger partial charge is 0.209 e. The van der Waals surface area contributed by atoms with Gasteiger partial charge in [-0.05, 0) is 43.9 Å². The molecule has 0 bridgehead atoms. The first kappa shape index (κ1) is 21.2. The monoisotopic (exact) mass is 491 g/mol. The summed E-state index contributed by atoms with van der Waals surface area (Å²) in [5, 5.41) is 5.08. The molecule has 1 saturated heterocycles. The van der Waals surface area contributed by atoms with Crippen molar-refractivity contribution in [2.24, 2.45) is 0 Å². The lowest BCUT2D eigenvalue weighted by Gasteiger charge is -2.33. The zero-order valence-corrected chi connectivity index (χ0v) is 19.8. The van der Waals surface area contributed by atoms with Crippen molar-refractivity contribution in [3.8, 4) is 11.8 Å². The Labute approximate surface area is 204 Å². The summed E-state index contributed by atoms with van der Waals surface area (Å²) in [6.45, 7) is 4.63. The fourth-order valence-corrected chi connectivity index (χ4v) is 6.33. The average molecular weight is 492 g/mol. The summed E-state index contributed by atoms with van der Waals surface area (Å²) in [6.07, 6.45) is 3.26. The molecule has 0 amide bonds. The molecular formula is C25H23F2N7S. The Balaban J connectivity index is 1.24. The predicted octanol–water partition coefficient (Wildman–Crippen LogP) is 3.36. The van der Waals surface area contributed by atoms with E-state index in [1.807, 2.05) is 6.07 Å². The molecule has 7 rings (SSSR count). The third kappa shape index (κ3) is 3.57. The van der Waals surface area contributed by atoms with E-state index in [0.717, 1.165) is 68.1 Å². The van der Waals surface area contributed by atoms with Crippen LogP contribution < -0.4 is 11.1 Å². The summed E-state index contributed by atoms with van der Waals surface area (Å²) in [5.41, 5.74) is 7.98. The molecule has 178 valence electrons. The first-order chi connectivity index (χ1) is 17.0. The minimum absolute atomic E-state index is 0.147. The molecule has 3 N–H and O–H groups in total. The fourth-order valence-electron chi connectivity index (χ4n) is 5.17. The van der Waals surface area contributed by atoms with Gasteiger partial charge in [-0.3, -0.25) is 4.90 Å². The lowest BCUT2D eigenvalue weighted by atomic mass is 10.2. The molecule has 1 atom stereocenters. The van der Waals surface area contributed by atoms with Gasteiger partial charge in [-0.2, -0.15) is 0 Å². The van der Waals surface area contributed by atoms with Gasteiger partial charge in [-0.1, -0.05) is 5.92 Å². The largest absolute Gasteiger partial charge is 0.383 e. The Bertz CT molecular complexity index is 1550. The van der Waals surface area contributed by atoms with Gasteiger partial charge in [0.15, 0.2) is 5.82 Å². The van der Waals surface area contributed by atoms with Crippen LogP contribution in [0.3, 0.4) is 0 Å². The van der Waals surface area contributed by atoms with Gasteiger partial charge in [0, 0.05) is 43.8 Å². The van der Waals surface area contributed by atoms with Crippen molar-refractivity contribution in [2.45, 2.75) is 44.3 Å². The third-order valence-corrected chi connectivity index (χ3v) is 8.38. The standard InChI is InChI=1S/C25H23F2N7S/c26-18-10-19-22(32-25(35-19)13-1-2-13)21(27)16(18)3-4-20-30-23(28)17-9-15-12-33(14-5-6-29-11-14)7-8-34(15)24(17)31-20/h9-10,13-14,29H,1-2,5-8,11-12H2,(H2,28,30,31). The summed E-state index contributed by atoms with van der Waals surface area (Å²) in [7, 11) is 0. The van der Waals surface area contributed by atoms with Crippen LogP contribution in [-0.2, 0) is 13.1 Å². The number of hydrogen-bond acceptors (Lipinski definition) is 7. The molecular weight excluding hydrogens is 468 g/mol. The number of nitrogens with two attached hydrogens (primary N) is 1.